The zero-order chi connectivity index (χ0) is 12.7. The van der Waals surface area contributed by atoms with Gasteiger partial charge in [-0.05, 0) is 19.9 Å². The third-order valence-electron chi connectivity index (χ3n) is 3.89. The van der Waals surface area contributed by atoms with Gasteiger partial charge in [0.15, 0.2) is 0 Å². The second-order valence-corrected chi connectivity index (χ2v) is 4.95. The molecule has 0 radical (unpaired) electrons. The third-order valence-corrected chi connectivity index (χ3v) is 3.89. The quantitative estimate of drug-likeness (QED) is 0.713. The number of carbonyl (C=O) groups is 1. The molecule has 1 saturated heterocycles. The number of aromatic nitrogens is 2. The van der Waals surface area contributed by atoms with Crippen molar-refractivity contribution in [3.63, 3.8) is 0 Å². The van der Waals surface area contributed by atoms with Crippen LogP contribution in [0.4, 0.5) is 5.82 Å². The lowest BCUT2D eigenvalue weighted by Gasteiger charge is -2.37. The predicted octanol–water partition coefficient (Wildman–Crippen LogP) is 0.554. The Labute approximate surface area is 106 Å². The minimum Gasteiger partial charge on any atom is -0.465 e. The third kappa shape index (κ3) is 1.59. The highest BCUT2D eigenvalue weighted by Gasteiger charge is 2.35. The minimum atomic E-state index is -0.311. The molecular formula is C12H18N4O2. The van der Waals surface area contributed by atoms with Crippen molar-refractivity contribution in [2.75, 3.05) is 32.1 Å². The van der Waals surface area contributed by atoms with Crippen LogP contribution in [-0.4, -0.2) is 42.5 Å². The fourth-order valence-corrected chi connectivity index (χ4v) is 2.97. The number of aryl methyl sites for hydroxylation is 1. The van der Waals surface area contributed by atoms with Crippen molar-refractivity contribution < 1.29 is 9.53 Å². The molecular weight excluding hydrogens is 232 g/mol. The van der Waals surface area contributed by atoms with E-state index in [9.17, 15) is 4.79 Å². The van der Waals surface area contributed by atoms with Crippen molar-refractivity contribution in [1.29, 1.82) is 0 Å². The van der Waals surface area contributed by atoms with E-state index in [0.717, 1.165) is 37.6 Å². The Morgan fingerprint density at radius 3 is 3.11 bits per heavy atom. The number of nitrogens with one attached hydrogen (secondary N) is 2. The fraction of sp³-hybridized carbons (Fsp3) is 0.667. The Kier molecular flexibility index (Phi) is 2.74. The molecule has 2 atom stereocenters. The van der Waals surface area contributed by atoms with Gasteiger partial charge in [0.05, 0.1) is 18.8 Å². The highest BCUT2D eigenvalue weighted by Crippen LogP contribution is 2.35. The van der Waals surface area contributed by atoms with Gasteiger partial charge in [0.25, 0.3) is 0 Å². The molecule has 2 aliphatic heterocycles. The van der Waals surface area contributed by atoms with E-state index in [1.807, 2.05) is 11.6 Å². The summed E-state index contributed by atoms with van der Waals surface area (Å²) in [7, 11) is 1.40. The molecule has 0 spiro atoms. The molecule has 0 bridgehead atoms. The van der Waals surface area contributed by atoms with Crippen LogP contribution < -0.4 is 10.6 Å². The topological polar surface area (TPSA) is 68.2 Å². The summed E-state index contributed by atoms with van der Waals surface area (Å²) in [4.78, 5) is 11.8. The molecule has 2 N–H and O–H groups in total. The van der Waals surface area contributed by atoms with E-state index in [1.54, 1.807) is 0 Å². The molecule has 98 valence electrons. The molecule has 0 aliphatic carbocycles. The first-order valence-electron chi connectivity index (χ1n) is 6.34. The summed E-state index contributed by atoms with van der Waals surface area (Å²) < 4.78 is 6.82. The summed E-state index contributed by atoms with van der Waals surface area (Å²) in [5, 5.41) is 11.3. The van der Waals surface area contributed by atoms with Crippen LogP contribution in [0.1, 0.15) is 28.5 Å². The Morgan fingerprint density at radius 1 is 1.50 bits per heavy atom. The lowest BCUT2D eigenvalue weighted by atomic mass is 9.92. The summed E-state index contributed by atoms with van der Waals surface area (Å²) in [5.74, 6) is 1.05. The predicted molar refractivity (Wildman–Crippen MR) is 66.8 cm³/mol. The van der Waals surface area contributed by atoms with Gasteiger partial charge >= 0.3 is 5.97 Å². The van der Waals surface area contributed by atoms with Crippen molar-refractivity contribution in [3.05, 3.63) is 11.3 Å². The van der Waals surface area contributed by atoms with Crippen LogP contribution in [0.25, 0.3) is 0 Å². The van der Waals surface area contributed by atoms with E-state index in [0.29, 0.717) is 17.5 Å². The summed E-state index contributed by atoms with van der Waals surface area (Å²) >= 11 is 0. The van der Waals surface area contributed by atoms with Crippen LogP contribution in [-0.2, 0) is 4.74 Å². The number of esters is 1. The SMILES string of the molecule is COC(=O)c1c(C)nn2c1NCC1CNCCC12. The number of piperidine rings is 1. The molecule has 0 amide bonds. The van der Waals surface area contributed by atoms with Crippen LogP contribution in [0, 0.1) is 12.8 Å². The van der Waals surface area contributed by atoms with E-state index < -0.39 is 0 Å². The van der Waals surface area contributed by atoms with Gasteiger partial charge in [0, 0.05) is 19.0 Å². The number of fused-ring (bicyclic) bond motifs is 3. The van der Waals surface area contributed by atoms with Gasteiger partial charge in [-0.15, -0.1) is 0 Å². The van der Waals surface area contributed by atoms with Crippen LogP contribution >= 0.6 is 0 Å². The second kappa shape index (κ2) is 4.28. The average molecular weight is 250 g/mol. The summed E-state index contributed by atoms with van der Waals surface area (Å²) in [5.41, 5.74) is 1.32. The Balaban J connectivity index is 2.03. The van der Waals surface area contributed by atoms with Gasteiger partial charge in [-0.25, -0.2) is 9.48 Å². The van der Waals surface area contributed by atoms with Crippen molar-refractivity contribution >= 4 is 11.8 Å². The van der Waals surface area contributed by atoms with Crippen molar-refractivity contribution in [2.24, 2.45) is 5.92 Å². The number of anilines is 1. The molecule has 1 aromatic rings. The number of nitrogens with zero attached hydrogens (tertiary/aromatic N) is 2. The molecule has 2 aliphatic rings. The standard InChI is InChI=1S/C12H18N4O2/c1-7-10(12(17)18-2)11-14-6-8-5-13-4-3-9(8)16(11)15-7/h8-9,13-14H,3-6H2,1-2H3. The largest absolute Gasteiger partial charge is 0.465 e. The molecule has 18 heavy (non-hydrogen) atoms. The highest BCUT2D eigenvalue weighted by atomic mass is 16.5. The summed E-state index contributed by atoms with van der Waals surface area (Å²) in [6.45, 7) is 4.75. The van der Waals surface area contributed by atoms with Crippen LogP contribution in [0.2, 0.25) is 0 Å². The molecule has 1 aromatic heterocycles. The van der Waals surface area contributed by atoms with Crippen LogP contribution in [0.5, 0.6) is 0 Å². The molecule has 0 aromatic carbocycles. The van der Waals surface area contributed by atoms with Crippen molar-refractivity contribution in [2.45, 2.75) is 19.4 Å². The van der Waals surface area contributed by atoms with E-state index in [1.165, 1.54) is 7.11 Å². The van der Waals surface area contributed by atoms with E-state index in [4.69, 9.17) is 4.74 Å². The van der Waals surface area contributed by atoms with Gasteiger partial charge in [-0.3, -0.25) is 0 Å². The minimum absolute atomic E-state index is 0.311. The van der Waals surface area contributed by atoms with Gasteiger partial charge < -0.3 is 15.4 Å². The van der Waals surface area contributed by atoms with Gasteiger partial charge in [0.2, 0.25) is 0 Å². The maximum Gasteiger partial charge on any atom is 0.343 e. The number of ether oxygens (including phenoxy) is 1. The monoisotopic (exact) mass is 250 g/mol. The fourth-order valence-electron chi connectivity index (χ4n) is 2.97. The Bertz CT molecular complexity index is 483. The number of rotatable bonds is 1. The summed E-state index contributed by atoms with van der Waals surface area (Å²) in [6.07, 6.45) is 1.06. The Morgan fingerprint density at radius 2 is 2.33 bits per heavy atom. The maximum absolute atomic E-state index is 11.8. The van der Waals surface area contributed by atoms with Gasteiger partial charge in [0.1, 0.15) is 11.4 Å². The molecule has 0 saturated carbocycles. The second-order valence-electron chi connectivity index (χ2n) is 4.95. The normalized spacial score (nSPS) is 25.9. The zero-order valence-electron chi connectivity index (χ0n) is 10.7. The first-order valence-corrected chi connectivity index (χ1v) is 6.34. The van der Waals surface area contributed by atoms with E-state index in [-0.39, 0.29) is 5.97 Å². The lowest BCUT2D eigenvalue weighted by Crippen LogP contribution is -2.44. The van der Waals surface area contributed by atoms with Crippen molar-refractivity contribution in [3.8, 4) is 0 Å². The van der Waals surface area contributed by atoms with Gasteiger partial charge in [-0.1, -0.05) is 0 Å². The molecule has 6 nitrogen and oxygen atoms in total. The number of methoxy groups -OCH3 is 1. The lowest BCUT2D eigenvalue weighted by molar-refractivity contribution is 0.0600. The number of hydrogen-bond donors (Lipinski definition) is 2. The first kappa shape index (κ1) is 11.5. The average Bonchev–Trinajstić information content (AvgIpc) is 2.74. The first-order chi connectivity index (χ1) is 8.72. The van der Waals surface area contributed by atoms with Crippen LogP contribution in [0.3, 0.4) is 0 Å². The highest BCUT2D eigenvalue weighted by molar-refractivity contribution is 5.96. The van der Waals surface area contributed by atoms with E-state index >= 15 is 0 Å². The van der Waals surface area contributed by atoms with E-state index in [2.05, 4.69) is 15.7 Å². The van der Waals surface area contributed by atoms with Crippen molar-refractivity contribution in [1.82, 2.24) is 15.1 Å². The molecule has 3 rings (SSSR count). The number of hydrogen-bond acceptors (Lipinski definition) is 5. The molecule has 2 unspecified atom stereocenters. The number of carbonyl (C=O) groups excluding carboxylic acids is 1. The summed E-state index contributed by atoms with van der Waals surface area (Å²) in [6, 6.07) is 0.389. The zero-order valence-corrected chi connectivity index (χ0v) is 10.7. The smallest absolute Gasteiger partial charge is 0.343 e. The molecule has 1 fully saturated rings. The molecule has 6 heteroatoms. The van der Waals surface area contributed by atoms with Gasteiger partial charge in [-0.2, -0.15) is 5.10 Å². The molecule has 3 heterocycles. The maximum atomic E-state index is 11.8. The Hall–Kier alpha value is -1.56. The van der Waals surface area contributed by atoms with Crippen LogP contribution in [0.15, 0.2) is 0 Å².